The van der Waals surface area contributed by atoms with Crippen LogP contribution >= 0.6 is 0 Å². The van der Waals surface area contributed by atoms with E-state index in [1.165, 1.54) is 6.42 Å². The van der Waals surface area contributed by atoms with Crippen LogP contribution in [0.3, 0.4) is 0 Å². The lowest BCUT2D eigenvalue weighted by molar-refractivity contribution is -0.559. The number of benzene rings is 2. The summed E-state index contributed by atoms with van der Waals surface area (Å²) in [6.45, 7) is 6.52. The molecule has 4 fully saturated rings. The highest BCUT2D eigenvalue weighted by atomic mass is 35.5. The van der Waals surface area contributed by atoms with Gasteiger partial charge < -0.3 is 27.0 Å². The third kappa shape index (κ3) is 4.35. The zero-order valence-corrected chi connectivity index (χ0v) is 25.3. The molecule has 2 aromatic rings. The molecule has 0 radical (unpaired) electrons. The Labute approximate surface area is 254 Å². The summed E-state index contributed by atoms with van der Waals surface area (Å²) in [7, 11) is 0. The normalized spacial score (nSPS) is 39.3. The van der Waals surface area contributed by atoms with Crippen LogP contribution in [0.25, 0.3) is 0 Å². The van der Waals surface area contributed by atoms with E-state index in [1.807, 2.05) is 48.5 Å². The number of halogens is 1. The topological polar surface area (TPSA) is 75.8 Å². The standard InChI is InChI=1S/C35H42NO5.ClH/c1-23-26-18-28-34-15-9-14-33(2,21-36(22-34)16-17-40-31(38)24-10-5-3-6-11-24)27(34)19-29(35(28,20-26)30(23)37)41-32(39)25-12-7-4-8-13-25;/h3-8,10-13,22-23,26-30,37H,9,14-21H2,1-2H3;1H/q+1;/p-1/t23-,26-,27?,28?,29?,30?,33+,34+,35-;/m1./s1. The van der Waals surface area contributed by atoms with Gasteiger partial charge in [-0.05, 0) is 80.0 Å². The highest BCUT2D eigenvalue weighted by molar-refractivity contribution is 5.90. The minimum atomic E-state index is -0.473. The van der Waals surface area contributed by atoms with Crippen molar-refractivity contribution in [3.05, 3.63) is 71.8 Å². The molecule has 4 bridgehead atoms. The predicted octanol–water partition coefficient (Wildman–Crippen LogP) is 2.39. The van der Waals surface area contributed by atoms with Gasteiger partial charge in [-0.25, -0.2) is 14.2 Å². The largest absolute Gasteiger partial charge is 1.00 e. The van der Waals surface area contributed by atoms with E-state index in [4.69, 9.17) is 9.47 Å². The monoisotopic (exact) mass is 591 g/mol. The molecule has 7 rings (SSSR count). The molecule has 0 amide bonds. The second kappa shape index (κ2) is 10.8. The lowest BCUT2D eigenvalue weighted by atomic mass is 9.40. The minimum absolute atomic E-state index is 0. The quantitative estimate of drug-likeness (QED) is 0.412. The minimum Gasteiger partial charge on any atom is -1.00 e. The van der Waals surface area contributed by atoms with Crippen LogP contribution in [0.15, 0.2) is 60.7 Å². The lowest BCUT2D eigenvalue weighted by Crippen LogP contribution is -3.00. The molecule has 6 nitrogen and oxygen atoms in total. The third-order valence-corrected chi connectivity index (χ3v) is 12.0. The van der Waals surface area contributed by atoms with Crippen LogP contribution in [-0.4, -0.2) is 59.7 Å². The average molecular weight is 592 g/mol. The van der Waals surface area contributed by atoms with Crippen molar-refractivity contribution in [1.29, 1.82) is 0 Å². The first-order valence-corrected chi connectivity index (χ1v) is 15.5. The maximum absolute atomic E-state index is 13.4. The Hall–Kier alpha value is -2.70. The van der Waals surface area contributed by atoms with Gasteiger partial charge in [0.25, 0.3) is 0 Å². The third-order valence-electron chi connectivity index (χ3n) is 12.0. The number of aliphatic hydroxyl groups excluding tert-OH is 1. The molecule has 42 heavy (non-hydrogen) atoms. The van der Waals surface area contributed by atoms with Crippen molar-refractivity contribution in [2.45, 2.75) is 64.6 Å². The van der Waals surface area contributed by atoms with E-state index in [0.29, 0.717) is 36.1 Å². The van der Waals surface area contributed by atoms with E-state index in [2.05, 4.69) is 24.6 Å². The van der Waals surface area contributed by atoms with Crippen LogP contribution in [0.5, 0.6) is 0 Å². The summed E-state index contributed by atoms with van der Waals surface area (Å²) in [6, 6.07) is 18.5. The lowest BCUT2D eigenvalue weighted by Gasteiger charge is -2.64. The Balaban J connectivity index is 0.00000316. The van der Waals surface area contributed by atoms with Crippen molar-refractivity contribution >= 4 is 18.2 Å². The first-order valence-electron chi connectivity index (χ1n) is 15.5. The molecule has 7 heteroatoms. The number of esters is 2. The number of fused-ring (bicyclic) bond motifs is 1. The molecule has 224 valence electrons. The summed E-state index contributed by atoms with van der Waals surface area (Å²) < 4.78 is 14.6. The summed E-state index contributed by atoms with van der Waals surface area (Å²) in [5.74, 6) is 0.765. The number of nitrogens with zero attached hydrogens (tertiary/aromatic N) is 1. The number of ether oxygens (including phenoxy) is 2. The molecule has 1 aliphatic heterocycles. The number of hydrogen-bond donors (Lipinski definition) is 1. The van der Waals surface area contributed by atoms with Gasteiger partial charge in [-0.2, -0.15) is 0 Å². The zero-order valence-electron chi connectivity index (χ0n) is 24.6. The van der Waals surface area contributed by atoms with Crippen molar-refractivity contribution < 1.29 is 41.2 Å². The molecule has 4 unspecified atom stereocenters. The van der Waals surface area contributed by atoms with Gasteiger partial charge in [0.2, 0.25) is 0 Å². The fourth-order valence-corrected chi connectivity index (χ4v) is 10.4. The van der Waals surface area contributed by atoms with Crippen molar-refractivity contribution in [2.24, 2.45) is 39.9 Å². The fourth-order valence-electron chi connectivity index (χ4n) is 10.4. The van der Waals surface area contributed by atoms with Gasteiger partial charge in [-0.3, -0.25) is 0 Å². The number of carbonyl (C=O) groups excluding carboxylic acids is 2. The van der Waals surface area contributed by atoms with Gasteiger partial charge in [-0.15, -0.1) is 0 Å². The van der Waals surface area contributed by atoms with Crippen LogP contribution in [0.4, 0.5) is 0 Å². The average Bonchev–Trinajstić information content (AvgIpc) is 3.50. The molecular formula is C35H42ClNO5. The van der Waals surface area contributed by atoms with Gasteiger partial charge >= 0.3 is 11.9 Å². The van der Waals surface area contributed by atoms with E-state index < -0.39 is 11.5 Å². The molecule has 5 aliphatic rings. The molecule has 1 spiro atoms. The SMILES string of the molecule is C[C@H]1C(O)[C@]23C[C@H]1CC2[C@]12C=[N+](CCOC(=O)c4ccccc4)C[C@](C)(CCC1)C2CC3OC(=O)c1ccccc1.[Cl-]. The molecular weight excluding hydrogens is 550 g/mol. The maximum atomic E-state index is 13.4. The van der Waals surface area contributed by atoms with E-state index in [-0.39, 0.29) is 53.1 Å². The second-order valence-electron chi connectivity index (χ2n) is 13.9. The van der Waals surface area contributed by atoms with Crippen LogP contribution in [0.2, 0.25) is 0 Å². The van der Waals surface area contributed by atoms with Crippen molar-refractivity contribution in [1.82, 2.24) is 0 Å². The molecule has 9 atom stereocenters. The van der Waals surface area contributed by atoms with Crippen LogP contribution in [-0.2, 0) is 9.47 Å². The number of hydrogen-bond acceptors (Lipinski definition) is 5. The van der Waals surface area contributed by atoms with Gasteiger partial charge in [0, 0.05) is 10.8 Å². The van der Waals surface area contributed by atoms with Crippen LogP contribution < -0.4 is 12.4 Å². The molecule has 0 saturated heterocycles. The summed E-state index contributed by atoms with van der Waals surface area (Å²) >= 11 is 0. The van der Waals surface area contributed by atoms with Gasteiger partial charge in [0.15, 0.2) is 6.54 Å². The van der Waals surface area contributed by atoms with Crippen molar-refractivity contribution in [3.63, 3.8) is 0 Å². The van der Waals surface area contributed by atoms with E-state index >= 15 is 0 Å². The van der Waals surface area contributed by atoms with Crippen molar-refractivity contribution in [3.8, 4) is 0 Å². The molecule has 4 aliphatic carbocycles. The summed E-state index contributed by atoms with van der Waals surface area (Å²) in [4.78, 5) is 26.0. The Morgan fingerprint density at radius 2 is 1.62 bits per heavy atom. The molecule has 1 N–H and O–H groups in total. The summed E-state index contributed by atoms with van der Waals surface area (Å²) in [5, 5.41) is 11.9. The van der Waals surface area contributed by atoms with E-state index in [9.17, 15) is 14.7 Å². The van der Waals surface area contributed by atoms with E-state index in [1.54, 1.807) is 12.1 Å². The van der Waals surface area contributed by atoms with E-state index in [0.717, 1.165) is 38.6 Å². The smallest absolute Gasteiger partial charge is 0.338 e. The van der Waals surface area contributed by atoms with Crippen LogP contribution in [0.1, 0.15) is 73.1 Å². The van der Waals surface area contributed by atoms with Crippen LogP contribution in [0, 0.1) is 39.9 Å². The van der Waals surface area contributed by atoms with Crippen molar-refractivity contribution in [2.75, 3.05) is 19.7 Å². The predicted molar refractivity (Wildman–Crippen MR) is 155 cm³/mol. The number of carbonyl (C=O) groups is 2. The van der Waals surface area contributed by atoms with Gasteiger partial charge in [0.05, 0.1) is 22.6 Å². The molecule has 2 aromatic carbocycles. The zero-order chi connectivity index (χ0) is 28.4. The molecule has 1 heterocycles. The Morgan fingerprint density at radius 1 is 0.952 bits per heavy atom. The summed E-state index contributed by atoms with van der Waals surface area (Å²) in [6.07, 6.45) is 7.97. The highest BCUT2D eigenvalue weighted by Gasteiger charge is 2.76. The fraction of sp³-hybridized carbons (Fsp3) is 0.571. The first-order chi connectivity index (χ1) is 19.8. The number of rotatable bonds is 6. The molecule has 0 aromatic heterocycles. The summed E-state index contributed by atoms with van der Waals surface area (Å²) in [5.41, 5.74) is 0.762. The number of aliphatic hydroxyl groups is 1. The Kier molecular flexibility index (Phi) is 7.54. The highest BCUT2D eigenvalue weighted by Crippen LogP contribution is 2.75. The Morgan fingerprint density at radius 3 is 2.29 bits per heavy atom. The second-order valence-corrected chi connectivity index (χ2v) is 13.9. The van der Waals surface area contributed by atoms with Gasteiger partial charge in [0.1, 0.15) is 25.5 Å². The maximum Gasteiger partial charge on any atom is 0.338 e. The molecule has 4 saturated carbocycles. The Bertz CT molecular complexity index is 1370. The first kappa shape index (κ1) is 29.4. The van der Waals surface area contributed by atoms with Gasteiger partial charge in [-0.1, -0.05) is 56.7 Å².